The number of aromatic nitrogens is 6. The monoisotopic (exact) mass is 1360 g/mol. The minimum atomic E-state index is -0.631. The van der Waals surface area contributed by atoms with Crippen molar-refractivity contribution in [1.29, 1.82) is 0 Å². The normalized spacial score (nSPS) is 16.1. The molecule has 17 heteroatoms. The first-order valence-corrected chi connectivity index (χ1v) is 35.5. The number of fused-ring (bicyclic) bond motifs is 12. The predicted molar refractivity (Wildman–Crippen MR) is 401 cm³/mol. The number of ether oxygens (including phenoxy) is 2. The van der Waals surface area contributed by atoms with Gasteiger partial charge in [-0.25, -0.2) is 0 Å². The number of halogens is 1. The summed E-state index contributed by atoms with van der Waals surface area (Å²) < 4.78 is 19.9. The van der Waals surface area contributed by atoms with Crippen LogP contribution in [-0.2, 0) is 78.0 Å². The fourth-order valence-electron chi connectivity index (χ4n) is 15.4. The summed E-state index contributed by atoms with van der Waals surface area (Å²) in [4.78, 5) is 18.0. The van der Waals surface area contributed by atoms with E-state index in [9.17, 15) is 20.4 Å². The lowest BCUT2D eigenvalue weighted by atomic mass is 10.0. The molecule has 0 saturated carbocycles. The fraction of sp³-hybridized carbons (Fsp3) is 0.349. The maximum atomic E-state index is 11.0. The molecule has 0 amide bonds. The van der Waals surface area contributed by atoms with Crippen molar-refractivity contribution in [3.8, 4) is 11.5 Å². The van der Waals surface area contributed by atoms with Gasteiger partial charge in [-0.1, -0.05) is 95.0 Å². The smallest absolute Gasteiger partial charge is 0.161 e. The van der Waals surface area contributed by atoms with Gasteiger partial charge in [0.05, 0.1) is 64.0 Å². The third-order valence-corrected chi connectivity index (χ3v) is 20.9. The fourth-order valence-corrected chi connectivity index (χ4v) is 15.6. The van der Waals surface area contributed by atoms with Crippen LogP contribution >= 0.6 is 11.6 Å². The zero-order valence-electron chi connectivity index (χ0n) is 59.2. The molecule has 6 aromatic carbocycles. The van der Waals surface area contributed by atoms with E-state index in [4.69, 9.17) is 21.1 Å². The lowest BCUT2D eigenvalue weighted by Crippen LogP contribution is -2.28. The van der Waals surface area contributed by atoms with Crippen LogP contribution in [0.2, 0.25) is 5.02 Å². The number of aryl methyl sites for hydroxylation is 3. The molecule has 4 aliphatic heterocycles. The van der Waals surface area contributed by atoms with Gasteiger partial charge in [0.25, 0.3) is 0 Å². The maximum Gasteiger partial charge on any atom is 0.161 e. The van der Waals surface area contributed by atoms with Gasteiger partial charge in [-0.15, -0.1) is 0 Å². The Hall–Kier alpha value is -8.65. The Kier molecular flexibility index (Phi) is 21.4. The molecule has 6 aromatic heterocycles. The number of nitrogens with zero attached hydrogens (tertiary/aromatic N) is 10. The molecule has 4 atom stereocenters. The average Bonchev–Trinajstić information content (AvgIpc) is 1.63. The highest BCUT2D eigenvalue weighted by Gasteiger charge is 2.29. The average molecular weight is 1360 g/mol. The summed E-state index contributed by atoms with van der Waals surface area (Å²) in [7, 11) is 11.8. The number of methoxy groups -OCH3 is 2. The Morgan fingerprint density at radius 3 is 1.10 bits per heavy atom. The van der Waals surface area contributed by atoms with Gasteiger partial charge in [0, 0.05) is 136 Å². The summed E-state index contributed by atoms with van der Waals surface area (Å²) in [6.07, 6.45) is 5.31. The summed E-state index contributed by atoms with van der Waals surface area (Å²) >= 11 is 6.22. The molecule has 520 valence electrons. The molecule has 0 spiro atoms. The van der Waals surface area contributed by atoms with E-state index < -0.39 is 24.4 Å². The molecule has 0 aliphatic carbocycles. The number of benzene rings is 6. The van der Waals surface area contributed by atoms with Gasteiger partial charge in [0.1, 0.15) is 12.2 Å². The van der Waals surface area contributed by atoms with Crippen molar-refractivity contribution in [1.82, 2.24) is 47.8 Å². The van der Waals surface area contributed by atoms with E-state index in [2.05, 4.69) is 157 Å². The second-order valence-corrected chi connectivity index (χ2v) is 28.4. The van der Waals surface area contributed by atoms with Crippen LogP contribution in [0.15, 0.2) is 170 Å². The highest BCUT2D eigenvalue weighted by atomic mass is 35.5. The third-order valence-electron chi connectivity index (χ3n) is 20.7. The summed E-state index contributed by atoms with van der Waals surface area (Å²) in [5.74, 6) is 1.30. The zero-order chi connectivity index (χ0) is 69.9. The first kappa shape index (κ1) is 69.8. The number of hydrogen-bond donors (Lipinski definition) is 4. The Labute approximate surface area is 592 Å². The van der Waals surface area contributed by atoms with Crippen molar-refractivity contribution in [2.75, 3.05) is 68.6 Å². The highest BCUT2D eigenvalue weighted by molar-refractivity contribution is 6.31. The third kappa shape index (κ3) is 14.9. The van der Waals surface area contributed by atoms with Crippen LogP contribution in [0, 0.1) is 20.8 Å². The second kappa shape index (κ2) is 30.7. The molecule has 16 nitrogen and oxygen atoms in total. The molecule has 10 heterocycles. The Bertz CT molecular complexity index is 4480. The van der Waals surface area contributed by atoms with Crippen LogP contribution < -0.4 is 9.47 Å². The molecule has 4 aliphatic rings. The van der Waals surface area contributed by atoms with Crippen molar-refractivity contribution in [3.63, 3.8) is 0 Å². The first-order chi connectivity index (χ1) is 48.4. The second-order valence-electron chi connectivity index (χ2n) is 27.9. The number of aliphatic hydroxyl groups is 4. The Balaban J connectivity index is 0.000000120. The summed E-state index contributed by atoms with van der Waals surface area (Å²) in [5.41, 5.74) is 22.9. The van der Waals surface area contributed by atoms with Gasteiger partial charge in [0.2, 0.25) is 0 Å². The minimum Gasteiger partial charge on any atom is -0.493 e. The van der Waals surface area contributed by atoms with Gasteiger partial charge in [-0.05, 0) is 199 Å². The Morgan fingerprint density at radius 2 is 0.730 bits per heavy atom. The molecule has 4 unspecified atom stereocenters. The molecular formula is C83H95ClN10O6. The molecule has 0 radical (unpaired) electrons. The van der Waals surface area contributed by atoms with Crippen LogP contribution in [0.3, 0.4) is 0 Å². The molecule has 12 aromatic rings. The van der Waals surface area contributed by atoms with Gasteiger partial charge in [-0.3, -0.25) is 9.97 Å². The molecule has 16 rings (SSSR count). The van der Waals surface area contributed by atoms with E-state index >= 15 is 0 Å². The molecule has 0 fully saturated rings. The van der Waals surface area contributed by atoms with E-state index in [1.54, 1.807) is 26.6 Å². The van der Waals surface area contributed by atoms with Crippen molar-refractivity contribution >= 4 is 55.2 Å². The van der Waals surface area contributed by atoms with E-state index in [0.717, 1.165) is 105 Å². The highest BCUT2D eigenvalue weighted by Crippen LogP contribution is 2.39. The largest absolute Gasteiger partial charge is 0.493 e. The Morgan fingerprint density at radius 1 is 0.380 bits per heavy atom. The van der Waals surface area contributed by atoms with Crippen LogP contribution in [0.5, 0.6) is 11.5 Å². The molecule has 100 heavy (non-hydrogen) atoms. The van der Waals surface area contributed by atoms with Gasteiger partial charge in [-0.2, -0.15) is 0 Å². The number of hydrogen-bond acceptors (Lipinski definition) is 12. The molecule has 0 saturated heterocycles. The van der Waals surface area contributed by atoms with Crippen LogP contribution in [0.1, 0.15) is 109 Å². The molecule has 4 N–H and O–H groups in total. The van der Waals surface area contributed by atoms with Crippen LogP contribution in [0.4, 0.5) is 0 Å². The van der Waals surface area contributed by atoms with Crippen molar-refractivity contribution in [2.45, 2.75) is 123 Å². The van der Waals surface area contributed by atoms with E-state index in [0.29, 0.717) is 43.4 Å². The van der Waals surface area contributed by atoms with Crippen molar-refractivity contribution in [2.24, 2.45) is 0 Å². The van der Waals surface area contributed by atoms with Gasteiger partial charge >= 0.3 is 0 Å². The predicted octanol–water partition coefficient (Wildman–Crippen LogP) is 13.8. The van der Waals surface area contributed by atoms with E-state index in [-0.39, 0.29) is 0 Å². The SMILES string of the molecule is CN1CCc2c(n(CC(O)c3ccccn3)c3ccc(Cl)cc23)C1.COc1ccc(C(O)Cn2c3c(c4cc(C)ccc42)CCN(C)C3)cc1OC.Cc1ccc2c(c1)c1c(n2CC(O)c2ccccc2)CN(C)CC1.Cc1ccc2c(c1)c1c(n2CC(O)c2ccccn2)CN(C)CC1. The van der Waals surface area contributed by atoms with Crippen molar-refractivity contribution < 1.29 is 29.9 Å². The van der Waals surface area contributed by atoms with Crippen LogP contribution in [-0.4, -0.2) is 137 Å². The number of pyridine rings is 2. The lowest BCUT2D eigenvalue weighted by molar-refractivity contribution is 0.150. The summed E-state index contributed by atoms with van der Waals surface area (Å²) in [6.45, 7) is 16.5. The summed E-state index contributed by atoms with van der Waals surface area (Å²) in [6, 6.07) is 52.8. The molecule has 0 bridgehead atoms. The summed E-state index contributed by atoms with van der Waals surface area (Å²) in [5, 5.41) is 49.1. The number of likely N-dealkylation sites (N-methyl/N-ethyl adjacent to an activating group) is 4. The van der Waals surface area contributed by atoms with E-state index in [1.807, 2.05) is 97.1 Å². The van der Waals surface area contributed by atoms with Gasteiger partial charge < -0.3 is 67.8 Å². The topological polar surface area (TPSA) is 158 Å². The number of aliphatic hydroxyl groups excluding tert-OH is 4. The standard InChI is InChI=1S/C23H28N2O3.C21H24N2O.C20H23N3O.C19H20ClN3O/c1-15-5-7-19-18(11-15)17-9-10-24(2)13-20(17)25(19)14-21(26)16-6-8-22(27-3)23(12-16)28-4;1-15-8-9-19-18(12-15)17-10-11-22(2)13-20(17)23(19)14-21(24)16-6-4-3-5-7-16;1-14-6-7-18-16(11-14)15-8-10-22(2)12-19(15)23(18)13-20(24)17-5-3-4-9-21-17;1-22-9-7-14-15-10-13(20)5-6-17(15)23(18(14)11-22)12-19(24)16-4-2-3-8-21-16/h5-8,11-12,21,26H,9-10,13-14H2,1-4H3;3-9,12,21,24H,10-11,13-14H2,1-2H3;3-7,9,11,20,24H,8,10,12-13H2,1-2H3;2-6,8,10,19,24H,7,9,11-12H2,1H3. The number of rotatable bonds is 14. The zero-order valence-corrected chi connectivity index (χ0v) is 60.0. The van der Waals surface area contributed by atoms with Crippen molar-refractivity contribution in [3.05, 3.63) is 259 Å². The van der Waals surface area contributed by atoms with E-state index in [1.165, 1.54) is 99.8 Å². The molecular weight excluding hydrogens is 1270 g/mol. The quantitative estimate of drug-likeness (QED) is 0.0818. The lowest BCUT2D eigenvalue weighted by Gasteiger charge is -2.25. The minimum absolute atomic E-state index is 0.487. The maximum absolute atomic E-state index is 11.0. The first-order valence-electron chi connectivity index (χ1n) is 35.1. The van der Waals surface area contributed by atoms with Crippen LogP contribution in [0.25, 0.3) is 43.6 Å². The van der Waals surface area contributed by atoms with Gasteiger partial charge in [0.15, 0.2) is 11.5 Å².